The van der Waals surface area contributed by atoms with Gasteiger partial charge >= 0.3 is 5.97 Å². The minimum Gasteiger partial charge on any atom is -0.495 e. The third-order valence-electron chi connectivity index (χ3n) is 4.91. The van der Waals surface area contributed by atoms with Gasteiger partial charge in [0, 0.05) is 23.7 Å². The highest BCUT2D eigenvalue weighted by molar-refractivity contribution is 6.31. The van der Waals surface area contributed by atoms with E-state index in [-0.39, 0.29) is 18.9 Å². The number of hydrogen-bond acceptors (Lipinski definition) is 5. The van der Waals surface area contributed by atoms with Gasteiger partial charge in [-0.25, -0.2) is 0 Å². The van der Waals surface area contributed by atoms with Gasteiger partial charge in [-0.3, -0.25) is 14.4 Å². The van der Waals surface area contributed by atoms with Crippen molar-refractivity contribution in [1.29, 1.82) is 0 Å². The molecule has 158 valence electrons. The molecule has 30 heavy (non-hydrogen) atoms. The fourth-order valence-electron chi connectivity index (χ4n) is 3.36. The maximum Gasteiger partial charge on any atom is 0.311 e. The van der Waals surface area contributed by atoms with Gasteiger partial charge < -0.3 is 19.7 Å². The van der Waals surface area contributed by atoms with Gasteiger partial charge in [0.05, 0.1) is 18.7 Å². The van der Waals surface area contributed by atoms with E-state index in [1.54, 1.807) is 24.3 Å². The number of rotatable bonds is 7. The van der Waals surface area contributed by atoms with Crippen LogP contribution in [0.1, 0.15) is 18.9 Å². The Hall–Kier alpha value is -3.06. The monoisotopic (exact) mass is 430 g/mol. The number of amides is 2. The second-order valence-corrected chi connectivity index (χ2v) is 7.32. The largest absolute Gasteiger partial charge is 0.495 e. The van der Waals surface area contributed by atoms with Crippen molar-refractivity contribution in [3.63, 3.8) is 0 Å². The Morgan fingerprint density at radius 2 is 2.00 bits per heavy atom. The first kappa shape index (κ1) is 21.6. The highest BCUT2D eigenvalue weighted by Gasteiger charge is 2.37. The van der Waals surface area contributed by atoms with Gasteiger partial charge in [-0.05, 0) is 36.2 Å². The third-order valence-corrected chi connectivity index (χ3v) is 5.14. The number of benzene rings is 2. The molecule has 1 aliphatic rings. The summed E-state index contributed by atoms with van der Waals surface area (Å²) in [6.45, 7) is 1.71. The summed E-state index contributed by atoms with van der Waals surface area (Å²) >= 11 is 6.04. The lowest BCUT2D eigenvalue weighted by Crippen LogP contribution is -2.28. The molecule has 2 aromatic rings. The number of carbonyl (C=O) groups is 3. The van der Waals surface area contributed by atoms with Crippen LogP contribution in [-0.2, 0) is 25.5 Å². The first-order chi connectivity index (χ1) is 14.4. The lowest BCUT2D eigenvalue weighted by molar-refractivity contribution is -0.151. The molecule has 0 saturated carbocycles. The Balaban J connectivity index is 1.58. The molecule has 0 spiro atoms. The molecule has 0 aromatic heterocycles. The number of halogens is 1. The minimum absolute atomic E-state index is 0.00517. The van der Waals surface area contributed by atoms with Gasteiger partial charge in [0.2, 0.25) is 5.91 Å². The van der Waals surface area contributed by atoms with Crippen LogP contribution in [0.2, 0.25) is 5.02 Å². The Bertz CT molecular complexity index is 962. The van der Waals surface area contributed by atoms with E-state index in [0.29, 0.717) is 22.1 Å². The second-order valence-electron chi connectivity index (χ2n) is 6.89. The summed E-state index contributed by atoms with van der Waals surface area (Å²) in [5, 5.41) is 3.20. The zero-order valence-electron chi connectivity index (χ0n) is 16.8. The fraction of sp³-hybridized carbons (Fsp3) is 0.318. The van der Waals surface area contributed by atoms with Crippen molar-refractivity contribution in [1.82, 2.24) is 0 Å². The van der Waals surface area contributed by atoms with E-state index in [2.05, 4.69) is 5.32 Å². The Labute approximate surface area is 179 Å². The van der Waals surface area contributed by atoms with Crippen molar-refractivity contribution in [3.05, 3.63) is 53.1 Å². The van der Waals surface area contributed by atoms with Crippen molar-refractivity contribution in [2.24, 2.45) is 5.92 Å². The molecular formula is C22H23ClN2O5. The predicted molar refractivity (Wildman–Crippen MR) is 114 cm³/mol. The summed E-state index contributed by atoms with van der Waals surface area (Å²) in [7, 11) is 1.49. The maximum atomic E-state index is 12.5. The Morgan fingerprint density at radius 1 is 1.23 bits per heavy atom. The van der Waals surface area contributed by atoms with Gasteiger partial charge in [-0.15, -0.1) is 0 Å². The molecule has 3 rings (SSSR count). The summed E-state index contributed by atoms with van der Waals surface area (Å²) < 4.78 is 10.4. The number of carbonyl (C=O) groups excluding carboxylic acids is 3. The van der Waals surface area contributed by atoms with E-state index < -0.39 is 24.4 Å². The molecule has 8 heteroatoms. The molecule has 1 heterocycles. The molecule has 0 radical (unpaired) electrons. The molecule has 2 aromatic carbocycles. The van der Waals surface area contributed by atoms with Crippen LogP contribution in [0.5, 0.6) is 5.75 Å². The van der Waals surface area contributed by atoms with Gasteiger partial charge in [0.1, 0.15) is 5.75 Å². The molecule has 0 aliphatic carbocycles. The van der Waals surface area contributed by atoms with Crippen LogP contribution in [0, 0.1) is 5.92 Å². The van der Waals surface area contributed by atoms with Gasteiger partial charge in [-0.2, -0.15) is 0 Å². The zero-order valence-corrected chi connectivity index (χ0v) is 17.6. The number of methoxy groups -OCH3 is 1. The fourth-order valence-corrected chi connectivity index (χ4v) is 3.53. The van der Waals surface area contributed by atoms with Crippen LogP contribution >= 0.6 is 11.6 Å². The van der Waals surface area contributed by atoms with E-state index >= 15 is 0 Å². The number of ether oxygens (including phenoxy) is 2. The summed E-state index contributed by atoms with van der Waals surface area (Å²) in [5.41, 5.74) is 2.18. The summed E-state index contributed by atoms with van der Waals surface area (Å²) in [6, 6.07) is 12.4. The number of para-hydroxylation sites is 1. The van der Waals surface area contributed by atoms with Crippen molar-refractivity contribution in [3.8, 4) is 5.75 Å². The molecule has 0 unspecified atom stereocenters. The van der Waals surface area contributed by atoms with Crippen LogP contribution in [-0.4, -0.2) is 38.0 Å². The molecule has 2 amide bonds. The standard InChI is InChI=1S/C22H23ClN2O5/c1-3-14-6-4-5-7-17(14)24-20(26)13-30-22(28)15-10-21(27)25(12-15)18-11-16(23)8-9-19(18)29-2/h4-9,11,15H,3,10,12-13H2,1-2H3,(H,24,26)/t15-/m1/s1. The molecule has 1 atom stereocenters. The van der Waals surface area contributed by atoms with Crippen molar-refractivity contribution in [2.45, 2.75) is 19.8 Å². The van der Waals surface area contributed by atoms with Crippen molar-refractivity contribution < 1.29 is 23.9 Å². The Morgan fingerprint density at radius 3 is 2.73 bits per heavy atom. The summed E-state index contributed by atoms with van der Waals surface area (Å²) in [5.74, 6) is -1.45. The predicted octanol–water partition coefficient (Wildman–Crippen LogP) is 3.45. The van der Waals surface area contributed by atoms with Crippen LogP contribution in [0.25, 0.3) is 0 Å². The second kappa shape index (κ2) is 9.63. The van der Waals surface area contributed by atoms with Crippen LogP contribution < -0.4 is 15.0 Å². The normalized spacial score (nSPS) is 15.8. The first-order valence-corrected chi connectivity index (χ1v) is 9.99. The van der Waals surface area contributed by atoms with Crippen LogP contribution in [0.15, 0.2) is 42.5 Å². The minimum atomic E-state index is -0.670. The average Bonchev–Trinajstić information content (AvgIpc) is 3.14. The smallest absolute Gasteiger partial charge is 0.311 e. The summed E-state index contributed by atoms with van der Waals surface area (Å²) in [6.07, 6.45) is 0.762. The zero-order chi connectivity index (χ0) is 21.7. The van der Waals surface area contributed by atoms with Gasteiger partial charge in [-0.1, -0.05) is 36.7 Å². The van der Waals surface area contributed by atoms with Crippen LogP contribution in [0.4, 0.5) is 11.4 Å². The van der Waals surface area contributed by atoms with Crippen LogP contribution in [0.3, 0.4) is 0 Å². The van der Waals surface area contributed by atoms with E-state index in [0.717, 1.165) is 12.0 Å². The molecule has 1 N–H and O–H groups in total. The average molecular weight is 431 g/mol. The van der Waals surface area contributed by atoms with E-state index in [1.807, 2.05) is 25.1 Å². The Kier molecular flexibility index (Phi) is 6.95. The van der Waals surface area contributed by atoms with E-state index in [1.165, 1.54) is 12.0 Å². The maximum absolute atomic E-state index is 12.5. The lowest BCUT2D eigenvalue weighted by Gasteiger charge is -2.19. The van der Waals surface area contributed by atoms with Crippen molar-refractivity contribution in [2.75, 3.05) is 30.5 Å². The topological polar surface area (TPSA) is 84.9 Å². The highest BCUT2D eigenvalue weighted by Crippen LogP contribution is 2.35. The molecule has 1 aliphatic heterocycles. The lowest BCUT2D eigenvalue weighted by atomic mass is 10.1. The van der Waals surface area contributed by atoms with Gasteiger partial charge in [0.15, 0.2) is 6.61 Å². The highest BCUT2D eigenvalue weighted by atomic mass is 35.5. The number of aryl methyl sites for hydroxylation is 1. The molecule has 1 saturated heterocycles. The van der Waals surface area contributed by atoms with Gasteiger partial charge in [0.25, 0.3) is 5.91 Å². The molecule has 0 bridgehead atoms. The first-order valence-electron chi connectivity index (χ1n) is 9.61. The number of nitrogens with one attached hydrogen (secondary N) is 1. The van der Waals surface area contributed by atoms with E-state index in [4.69, 9.17) is 21.1 Å². The SMILES string of the molecule is CCc1ccccc1NC(=O)COC(=O)[C@@H]1CC(=O)N(c2cc(Cl)ccc2OC)C1. The van der Waals surface area contributed by atoms with E-state index in [9.17, 15) is 14.4 Å². The number of anilines is 2. The number of hydrogen-bond donors (Lipinski definition) is 1. The molecule has 7 nitrogen and oxygen atoms in total. The van der Waals surface area contributed by atoms with Crippen molar-refractivity contribution >= 4 is 40.8 Å². The number of nitrogens with zero attached hydrogens (tertiary/aromatic N) is 1. The molecular weight excluding hydrogens is 408 g/mol. The molecule has 1 fully saturated rings. The number of esters is 1. The summed E-state index contributed by atoms with van der Waals surface area (Å²) in [4.78, 5) is 38.5. The third kappa shape index (κ3) is 4.91. The quantitative estimate of drug-likeness (QED) is 0.680.